The van der Waals surface area contributed by atoms with E-state index in [0.29, 0.717) is 19.0 Å². The Balaban J connectivity index is 2.01. The highest BCUT2D eigenvalue weighted by Crippen LogP contribution is 2.36. The van der Waals surface area contributed by atoms with Crippen molar-refractivity contribution >= 4 is 17.5 Å². The molecule has 0 atom stereocenters. The largest absolute Gasteiger partial charge is 0.378 e. The fraction of sp³-hybridized carbons (Fsp3) is 0.524. The highest BCUT2D eigenvalue weighted by Gasteiger charge is 2.39. The number of aryl methyl sites for hydroxylation is 2. The fourth-order valence-electron chi connectivity index (χ4n) is 4.39. The van der Waals surface area contributed by atoms with Gasteiger partial charge in [-0.25, -0.2) is 4.98 Å². The third-order valence-electron chi connectivity index (χ3n) is 6.10. The molecule has 0 radical (unpaired) electrons. The molecule has 1 aromatic heterocycles. The number of rotatable bonds is 7. The summed E-state index contributed by atoms with van der Waals surface area (Å²) in [7, 11) is 0. The van der Waals surface area contributed by atoms with Crippen molar-refractivity contribution in [2.75, 3.05) is 23.7 Å². The van der Waals surface area contributed by atoms with Crippen LogP contribution in [0.15, 0.2) is 24.3 Å². The minimum Gasteiger partial charge on any atom is -0.378 e. The number of benzene rings is 1. The average molecular weight is 399 g/mol. The van der Waals surface area contributed by atoms with Crippen LogP contribution in [0.5, 0.6) is 0 Å². The molecule has 1 heterocycles. The quantitative estimate of drug-likeness (QED) is 0.541. The van der Waals surface area contributed by atoms with Gasteiger partial charge in [0.25, 0.3) is 0 Å². The molecular formula is C21H30N6O2. The molecule has 1 aliphatic carbocycles. The van der Waals surface area contributed by atoms with Crippen LogP contribution in [0.25, 0.3) is 0 Å². The standard InChI is InChI=1S/C21H30N6O2/c1-15-8-4-5-9-17(15)10-13-26(21(14-22)11-6-3-7-12-21)20-24-16(2)18(27(28)29)19(23)25-20/h4-5,8-9H,3,6-7,10-14,22H2,1-2H3,(H2,23,24,25). The summed E-state index contributed by atoms with van der Waals surface area (Å²) in [5.74, 6) is 0.341. The summed E-state index contributed by atoms with van der Waals surface area (Å²) in [5.41, 5.74) is 14.5. The molecule has 8 nitrogen and oxygen atoms in total. The number of nitrogen functional groups attached to an aromatic ring is 1. The van der Waals surface area contributed by atoms with E-state index in [2.05, 4.69) is 33.9 Å². The summed E-state index contributed by atoms with van der Waals surface area (Å²) in [5, 5.41) is 11.3. The first-order chi connectivity index (χ1) is 13.9. The van der Waals surface area contributed by atoms with Crippen molar-refractivity contribution in [2.24, 2.45) is 5.73 Å². The van der Waals surface area contributed by atoms with E-state index in [4.69, 9.17) is 11.5 Å². The second-order valence-electron chi connectivity index (χ2n) is 7.92. The fourth-order valence-corrected chi connectivity index (χ4v) is 4.39. The smallest absolute Gasteiger partial charge is 0.332 e. The van der Waals surface area contributed by atoms with Crippen molar-refractivity contribution in [3.05, 3.63) is 51.2 Å². The Morgan fingerprint density at radius 1 is 1.17 bits per heavy atom. The van der Waals surface area contributed by atoms with Crippen LogP contribution < -0.4 is 16.4 Å². The van der Waals surface area contributed by atoms with E-state index in [-0.39, 0.29) is 22.7 Å². The van der Waals surface area contributed by atoms with E-state index in [1.165, 1.54) is 17.5 Å². The first kappa shape index (κ1) is 21.0. The van der Waals surface area contributed by atoms with Crippen LogP contribution >= 0.6 is 0 Å². The van der Waals surface area contributed by atoms with Gasteiger partial charge in [0, 0.05) is 13.1 Å². The SMILES string of the molecule is Cc1ccccc1CCN(c1nc(C)c([N+](=O)[O-])c(N)n1)C1(CN)CCCCC1. The van der Waals surface area contributed by atoms with Gasteiger partial charge in [0.05, 0.1) is 10.5 Å². The van der Waals surface area contributed by atoms with Crippen molar-refractivity contribution in [3.63, 3.8) is 0 Å². The third kappa shape index (κ3) is 4.32. The second-order valence-corrected chi connectivity index (χ2v) is 7.92. The Morgan fingerprint density at radius 3 is 2.45 bits per heavy atom. The maximum atomic E-state index is 11.3. The highest BCUT2D eigenvalue weighted by atomic mass is 16.6. The predicted molar refractivity (Wildman–Crippen MR) is 115 cm³/mol. The van der Waals surface area contributed by atoms with Gasteiger partial charge in [-0.3, -0.25) is 10.1 Å². The van der Waals surface area contributed by atoms with Crippen LogP contribution in [0, 0.1) is 24.0 Å². The van der Waals surface area contributed by atoms with Crippen LogP contribution in [0.3, 0.4) is 0 Å². The lowest BCUT2D eigenvalue weighted by molar-refractivity contribution is -0.385. The van der Waals surface area contributed by atoms with E-state index in [9.17, 15) is 10.1 Å². The summed E-state index contributed by atoms with van der Waals surface area (Å²) in [4.78, 5) is 21.8. The Bertz CT molecular complexity index is 856. The zero-order valence-electron chi connectivity index (χ0n) is 17.2. The van der Waals surface area contributed by atoms with Gasteiger partial charge in [0.2, 0.25) is 11.8 Å². The maximum Gasteiger partial charge on any atom is 0.332 e. The maximum absolute atomic E-state index is 11.3. The molecule has 0 unspecified atom stereocenters. The summed E-state index contributed by atoms with van der Waals surface area (Å²) < 4.78 is 0. The number of hydrogen-bond acceptors (Lipinski definition) is 7. The molecule has 0 amide bonds. The Kier molecular flexibility index (Phi) is 6.32. The Labute approximate surface area is 171 Å². The van der Waals surface area contributed by atoms with Gasteiger partial charge in [-0.1, -0.05) is 43.5 Å². The van der Waals surface area contributed by atoms with Gasteiger partial charge in [0.1, 0.15) is 5.69 Å². The summed E-state index contributed by atoms with van der Waals surface area (Å²) >= 11 is 0. The van der Waals surface area contributed by atoms with Gasteiger partial charge < -0.3 is 16.4 Å². The van der Waals surface area contributed by atoms with Gasteiger partial charge in [0.15, 0.2) is 0 Å². The van der Waals surface area contributed by atoms with Crippen molar-refractivity contribution in [3.8, 4) is 0 Å². The second kappa shape index (κ2) is 8.73. The first-order valence-corrected chi connectivity index (χ1v) is 10.2. The van der Waals surface area contributed by atoms with E-state index < -0.39 is 4.92 Å². The van der Waals surface area contributed by atoms with Crippen molar-refractivity contribution in [1.29, 1.82) is 0 Å². The lowest BCUT2D eigenvalue weighted by Crippen LogP contribution is -2.56. The molecule has 0 aliphatic heterocycles. The number of anilines is 2. The number of aromatic nitrogens is 2. The molecule has 1 aliphatic rings. The molecule has 4 N–H and O–H groups in total. The Morgan fingerprint density at radius 2 is 1.86 bits per heavy atom. The predicted octanol–water partition coefficient (Wildman–Crippen LogP) is 3.29. The van der Waals surface area contributed by atoms with Crippen molar-refractivity contribution in [2.45, 2.75) is 57.9 Å². The third-order valence-corrected chi connectivity index (χ3v) is 6.10. The minimum absolute atomic E-state index is 0.0960. The zero-order valence-corrected chi connectivity index (χ0v) is 17.2. The lowest BCUT2D eigenvalue weighted by atomic mass is 9.80. The molecule has 156 valence electrons. The number of hydrogen-bond donors (Lipinski definition) is 2. The van der Waals surface area contributed by atoms with Crippen LogP contribution in [0.4, 0.5) is 17.5 Å². The van der Waals surface area contributed by atoms with E-state index in [1.807, 2.05) is 12.1 Å². The van der Waals surface area contributed by atoms with E-state index in [1.54, 1.807) is 6.92 Å². The van der Waals surface area contributed by atoms with Crippen LogP contribution in [-0.2, 0) is 6.42 Å². The number of nitro groups is 1. The topological polar surface area (TPSA) is 124 Å². The van der Waals surface area contributed by atoms with Crippen molar-refractivity contribution < 1.29 is 4.92 Å². The highest BCUT2D eigenvalue weighted by molar-refractivity contribution is 5.58. The van der Waals surface area contributed by atoms with Crippen molar-refractivity contribution in [1.82, 2.24) is 9.97 Å². The number of nitrogens with two attached hydrogens (primary N) is 2. The first-order valence-electron chi connectivity index (χ1n) is 10.2. The molecule has 8 heteroatoms. The normalized spacial score (nSPS) is 15.8. The van der Waals surface area contributed by atoms with Crippen LogP contribution in [-0.4, -0.2) is 33.5 Å². The molecule has 1 aromatic carbocycles. The van der Waals surface area contributed by atoms with Crippen LogP contribution in [0.1, 0.15) is 48.9 Å². The minimum atomic E-state index is -0.522. The molecule has 2 aromatic rings. The van der Waals surface area contributed by atoms with Gasteiger partial charge in [-0.05, 0) is 44.2 Å². The summed E-state index contributed by atoms with van der Waals surface area (Å²) in [6.45, 7) is 4.87. The summed E-state index contributed by atoms with van der Waals surface area (Å²) in [6.07, 6.45) is 6.11. The molecule has 3 rings (SSSR count). The molecule has 1 saturated carbocycles. The van der Waals surface area contributed by atoms with Crippen LogP contribution in [0.2, 0.25) is 0 Å². The summed E-state index contributed by atoms with van der Waals surface area (Å²) in [6, 6.07) is 8.29. The van der Waals surface area contributed by atoms with Gasteiger partial charge in [-0.15, -0.1) is 0 Å². The molecule has 1 fully saturated rings. The average Bonchev–Trinajstić information content (AvgIpc) is 2.69. The zero-order chi connectivity index (χ0) is 21.0. The molecule has 0 bridgehead atoms. The van der Waals surface area contributed by atoms with E-state index in [0.717, 1.165) is 32.1 Å². The Hall–Kier alpha value is -2.74. The molecule has 29 heavy (non-hydrogen) atoms. The van der Waals surface area contributed by atoms with Gasteiger partial charge >= 0.3 is 5.69 Å². The van der Waals surface area contributed by atoms with E-state index >= 15 is 0 Å². The monoisotopic (exact) mass is 398 g/mol. The molecular weight excluding hydrogens is 368 g/mol. The van der Waals surface area contributed by atoms with Gasteiger partial charge in [-0.2, -0.15) is 4.98 Å². The lowest BCUT2D eigenvalue weighted by Gasteiger charge is -2.46. The number of nitrogens with zero attached hydrogens (tertiary/aromatic N) is 4. The molecule has 0 saturated heterocycles. The molecule has 0 spiro atoms.